The van der Waals surface area contributed by atoms with E-state index < -0.39 is 5.97 Å². The number of carbonyl (C=O) groups excluding carboxylic acids is 2. The molecule has 2 aromatic carbocycles. The third-order valence-electron chi connectivity index (χ3n) is 5.43. The van der Waals surface area contributed by atoms with Gasteiger partial charge in [-0.05, 0) is 60.9 Å². The smallest absolute Gasteiger partial charge is 0.308 e. The number of amides is 1. The third kappa shape index (κ3) is 5.72. The number of benzene rings is 2. The van der Waals surface area contributed by atoms with Crippen LogP contribution in [0.1, 0.15) is 50.7 Å². The maximum absolute atomic E-state index is 13.2. The van der Waals surface area contributed by atoms with Gasteiger partial charge in [0.25, 0.3) is 5.91 Å². The lowest BCUT2D eigenvalue weighted by molar-refractivity contribution is -0.132. The van der Waals surface area contributed by atoms with Gasteiger partial charge in [0.1, 0.15) is 0 Å². The summed E-state index contributed by atoms with van der Waals surface area (Å²) >= 11 is 0. The summed E-state index contributed by atoms with van der Waals surface area (Å²) in [5, 5.41) is 3.22. The summed E-state index contributed by atoms with van der Waals surface area (Å²) in [5.41, 5.74) is 2.23. The van der Waals surface area contributed by atoms with Gasteiger partial charge in [0.2, 0.25) is 0 Å². The Morgan fingerprint density at radius 2 is 1.70 bits per heavy atom. The largest absolute Gasteiger partial charge is 0.493 e. The zero-order valence-electron chi connectivity index (χ0n) is 17.8. The standard InChI is InChI=1S/C25H29NO4/c1-17-9-12-21(13-10-17)26-25(28)22(20-7-5-4-6-8-20)15-19-11-14-23(30-18(2)27)24(16-19)29-3/h4-8,11,14-17,21H,9-10,12-13H2,1-3H3,(H,26,28)/b22-15-. The van der Waals surface area contributed by atoms with Crippen LogP contribution in [-0.4, -0.2) is 25.0 Å². The summed E-state index contributed by atoms with van der Waals surface area (Å²) in [6, 6.07) is 15.1. The van der Waals surface area contributed by atoms with Crippen LogP contribution >= 0.6 is 0 Å². The van der Waals surface area contributed by atoms with Crippen LogP contribution in [0.2, 0.25) is 0 Å². The number of nitrogens with one attached hydrogen (secondary N) is 1. The molecule has 1 amide bonds. The van der Waals surface area contributed by atoms with Crippen molar-refractivity contribution in [3.05, 3.63) is 59.7 Å². The minimum absolute atomic E-state index is 0.0798. The van der Waals surface area contributed by atoms with E-state index in [9.17, 15) is 9.59 Å². The fourth-order valence-electron chi connectivity index (χ4n) is 3.75. The van der Waals surface area contributed by atoms with Crippen molar-refractivity contribution in [1.29, 1.82) is 0 Å². The van der Waals surface area contributed by atoms with Crippen molar-refractivity contribution in [2.45, 2.75) is 45.6 Å². The highest BCUT2D eigenvalue weighted by Gasteiger charge is 2.22. The van der Waals surface area contributed by atoms with Crippen LogP contribution in [0.3, 0.4) is 0 Å². The molecule has 0 radical (unpaired) electrons. The summed E-state index contributed by atoms with van der Waals surface area (Å²) in [6.45, 7) is 3.61. The number of ether oxygens (including phenoxy) is 2. The van der Waals surface area contributed by atoms with E-state index in [0.29, 0.717) is 17.1 Å². The second-order valence-corrected chi connectivity index (χ2v) is 7.86. The Labute approximate surface area is 178 Å². The van der Waals surface area contributed by atoms with Gasteiger partial charge in [-0.3, -0.25) is 9.59 Å². The summed E-state index contributed by atoms with van der Waals surface area (Å²) < 4.78 is 10.5. The first-order chi connectivity index (χ1) is 14.5. The Hall–Kier alpha value is -3.08. The van der Waals surface area contributed by atoms with E-state index in [-0.39, 0.29) is 11.9 Å². The number of carbonyl (C=O) groups is 2. The van der Waals surface area contributed by atoms with E-state index in [1.807, 2.05) is 36.4 Å². The van der Waals surface area contributed by atoms with Crippen molar-refractivity contribution in [2.24, 2.45) is 5.92 Å². The molecule has 0 saturated heterocycles. The molecule has 0 atom stereocenters. The lowest BCUT2D eigenvalue weighted by atomic mass is 9.87. The zero-order chi connectivity index (χ0) is 21.5. The van der Waals surface area contributed by atoms with Crippen LogP contribution in [0.15, 0.2) is 48.5 Å². The van der Waals surface area contributed by atoms with E-state index >= 15 is 0 Å². The molecule has 0 bridgehead atoms. The summed E-state index contributed by atoms with van der Waals surface area (Å²) in [5.74, 6) is 1.02. The minimum atomic E-state index is -0.414. The lowest BCUT2D eigenvalue weighted by Gasteiger charge is -2.27. The highest BCUT2D eigenvalue weighted by Crippen LogP contribution is 2.30. The molecule has 158 valence electrons. The highest BCUT2D eigenvalue weighted by atomic mass is 16.6. The first kappa shape index (κ1) is 21.6. The molecule has 0 heterocycles. The van der Waals surface area contributed by atoms with Crippen molar-refractivity contribution in [2.75, 3.05) is 7.11 Å². The number of hydrogen-bond acceptors (Lipinski definition) is 4. The maximum atomic E-state index is 13.2. The van der Waals surface area contributed by atoms with Crippen LogP contribution in [0.4, 0.5) is 0 Å². The number of rotatable bonds is 6. The van der Waals surface area contributed by atoms with Gasteiger partial charge in [0, 0.05) is 18.5 Å². The van der Waals surface area contributed by atoms with Gasteiger partial charge in [-0.2, -0.15) is 0 Å². The lowest BCUT2D eigenvalue weighted by Crippen LogP contribution is -2.37. The molecule has 1 saturated carbocycles. The average Bonchev–Trinajstić information content (AvgIpc) is 2.74. The first-order valence-electron chi connectivity index (χ1n) is 10.4. The third-order valence-corrected chi connectivity index (χ3v) is 5.43. The van der Waals surface area contributed by atoms with Gasteiger partial charge in [0.15, 0.2) is 11.5 Å². The molecule has 3 rings (SSSR count). The second kappa shape index (κ2) is 10.1. The molecule has 0 unspecified atom stereocenters. The molecule has 0 aromatic heterocycles. The molecule has 5 heteroatoms. The Morgan fingerprint density at radius 1 is 1.00 bits per heavy atom. The van der Waals surface area contributed by atoms with Gasteiger partial charge in [-0.25, -0.2) is 0 Å². The van der Waals surface area contributed by atoms with Crippen molar-refractivity contribution in [3.8, 4) is 11.5 Å². The van der Waals surface area contributed by atoms with Crippen LogP contribution in [0, 0.1) is 5.92 Å². The fraction of sp³-hybridized carbons (Fsp3) is 0.360. The molecule has 1 aliphatic carbocycles. The fourth-order valence-corrected chi connectivity index (χ4v) is 3.75. The molecule has 0 spiro atoms. The van der Waals surface area contributed by atoms with Crippen LogP contribution in [0.25, 0.3) is 11.6 Å². The number of hydrogen-bond donors (Lipinski definition) is 1. The molecular formula is C25H29NO4. The normalized spacial score (nSPS) is 19.1. The van der Waals surface area contributed by atoms with Gasteiger partial charge < -0.3 is 14.8 Å². The quantitative estimate of drug-likeness (QED) is 0.322. The number of esters is 1. The predicted octanol–water partition coefficient (Wildman–Crippen LogP) is 4.86. The van der Waals surface area contributed by atoms with E-state index in [1.54, 1.807) is 18.2 Å². The monoisotopic (exact) mass is 407 g/mol. The van der Waals surface area contributed by atoms with Crippen LogP contribution < -0.4 is 14.8 Å². The average molecular weight is 408 g/mol. The van der Waals surface area contributed by atoms with Crippen molar-refractivity contribution >= 4 is 23.5 Å². The number of methoxy groups -OCH3 is 1. The summed E-state index contributed by atoms with van der Waals surface area (Å²) in [6.07, 6.45) is 6.16. The van der Waals surface area contributed by atoms with E-state index in [1.165, 1.54) is 14.0 Å². The summed E-state index contributed by atoms with van der Waals surface area (Å²) in [7, 11) is 1.52. The molecule has 0 aliphatic heterocycles. The molecule has 1 aliphatic rings. The SMILES string of the molecule is COc1cc(/C=C(\C(=O)NC2CCC(C)CC2)c2ccccc2)ccc1OC(C)=O. The van der Waals surface area contributed by atoms with Gasteiger partial charge in [-0.15, -0.1) is 0 Å². The maximum Gasteiger partial charge on any atom is 0.308 e. The van der Waals surface area contributed by atoms with Crippen LogP contribution in [-0.2, 0) is 9.59 Å². The van der Waals surface area contributed by atoms with Gasteiger partial charge >= 0.3 is 5.97 Å². The molecule has 1 fully saturated rings. The van der Waals surface area contributed by atoms with E-state index in [4.69, 9.17) is 9.47 Å². The van der Waals surface area contributed by atoms with Crippen molar-refractivity contribution in [3.63, 3.8) is 0 Å². The molecule has 1 N–H and O–H groups in total. The first-order valence-corrected chi connectivity index (χ1v) is 10.4. The Bertz CT molecular complexity index is 912. The molecule has 30 heavy (non-hydrogen) atoms. The second-order valence-electron chi connectivity index (χ2n) is 7.86. The van der Waals surface area contributed by atoms with Crippen LogP contribution in [0.5, 0.6) is 11.5 Å². The Balaban J connectivity index is 1.89. The van der Waals surface area contributed by atoms with E-state index in [2.05, 4.69) is 12.2 Å². The minimum Gasteiger partial charge on any atom is -0.493 e. The van der Waals surface area contributed by atoms with E-state index in [0.717, 1.165) is 42.7 Å². The van der Waals surface area contributed by atoms with Gasteiger partial charge in [0.05, 0.1) is 7.11 Å². The predicted molar refractivity (Wildman–Crippen MR) is 118 cm³/mol. The van der Waals surface area contributed by atoms with Gasteiger partial charge in [-0.1, -0.05) is 43.3 Å². The van der Waals surface area contributed by atoms with Crippen molar-refractivity contribution in [1.82, 2.24) is 5.32 Å². The highest BCUT2D eigenvalue weighted by molar-refractivity contribution is 6.24. The topological polar surface area (TPSA) is 64.6 Å². The van der Waals surface area contributed by atoms with Crippen molar-refractivity contribution < 1.29 is 19.1 Å². The molecule has 2 aromatic rings. The summed E-state index contributed by atoms with van der Waals surface area (Å²) in [4.78, 5) is 24.5. The zero-order valence-corrected chi connectivity index (χ0v) is 17.8. The Morgan fingerprint density at radius 3 is 2.33 bits per heavy atom. The molecule has 5 nitrogen and oxygen atoms in total. The Kier molecular flexibility index (Phi) is 7.28. The molecular weight excluding hydrogens is 378 g/mol.